The van der Waals surface area contributed by atoms with Crippen molar-refractivity contribution in [1.82, 2.24) is 5.32 Å². The summed E-state index contributed by atoms with van der Waals surface area (Å²) in [6.45, 7) is 9.23. The fourth-order valence-corrected chi connectivity index (χ4v) is 2.01. The molecule has 1 N–H and O–H groups in total. The summed E-state index contributed by atoms with van der Waals surface area (Å²) in [5.41, 5.74) is 1.21. The molecule has 1 unspecified atom stereocenters. The SMILES string of the molecule is CCCNC(=O)C(Cc1ccccc1)C(C)(C)C. The van der Waals surface area contributed by atoms with E-state index in [2.05, 4.69) is 45.1 Å². The van der Waals surface area contributed by atoms with Gasteiger partial charge in [-0.25, -0.2) is 0 Å². The van der Waals surface area contributed by atoms with Crippen molar-refractivity contribution >= 4 is 5.91 Å². The van der Waals surface area contributed by atoms with Crippen molar-refractivity contribution in [1.29, 1.82) is 0 Å². The van der Waals surface area contributed by atoms with E-state index in [4.69, 9.17) is 0 Å². The Morgan fingerprint density at radius 1 is 1.22 bits per heavy atom. The molecule has 0 saturated heterocycles. The monoisotopic (exact) mass is 247 g/mol. The number of hydrogen-bond donors (Lipinski definition) is 1. The first-order valence-corrected chi connectivity index (χ1v) is 6.76. The van der Waals surface area contributed by atoms with E-state index < -0.39 is 0 Å². The first-order chi connectivity index (χ1) is 8.45. The van der Waals surface area contributed by atoms with Crippen LogP contribution in [-0.2, 0) is 11.2 Å². The topological polar surface area (TPSA) is 29.1 Å². The third kappa shape index (κ3) is 4.52. The Kier molecular flexibility index (Phi) is 5.39. The van der Waals surface area contributed by atoms with Crippen LogP contribution in [0.4, 0.5) is 0 Å². The molecule has 1 aromatic carbocycles. The van der Waals surface area contributed by atoms with Crippen LogP contribution in [0.5, 0.6) is 0 Å². The van der Waals surface area contributed by atoms with Gasteiger partial charge in [0.25, 0.3) is 0 Å². The van der Waals surface area contributed by atoms with Gasteiger partial charge in [-0.3, -0.25) is 4.79 Å². The molecule has 0 aliphatic carbocycles. The number of hydrogen-bond acceptors (Lipinski definition) is 1. The fourth-order valence-electron chi connectivity index (χ4n) is 2.01. The van der Waals surface area contributed by atoms with E-state index in [0.717, 1.165) is 19.4 Å². The molecular weight excluding hydrogens is 222 g/mol. The van der Waals surface area contributed by atoms with Gasteiger partial charge in [-0.05, 0) is 23.8 Å². The van der Waals surface area contributed by atoms with Crippen LogP contribution in [0, 0.1) is 11.3 Å². The largest absolute Gasteiger partial charge is 0.356 e. The van der Waals surface area contributed by atoms with E-state index in [1.54, 1.807) is 0 Å². The normalized spacial score (nSPS) is 13.1. The maximum Gasteiger partial charge on any atom is 0.223 e. The van der Waals surface area contributed by atoms with Crippen molar-refractivity contribution < 1.29 is 4.79 Å². The average molecular weight is 247 g/mol. The number of carbonyl (C=O) groups is 1. The lowest BCUT2D eigenvalue weighted by atomic mass is 9.76. The molecule has 2 heteroatoms. The molecule has 1 atom stereocenters. The molecule has 0 heterocycles. The molecule has 2 nitrogen and oxygen atoms in total. The standard InChI is InChI=1S/C16H25NO/c1-5-11-17-15(18)14(16(2,3)4)12-13-9-7-6-8-10-13/h6-10,14H,5,11-12H2,1-4H3,(H,17,18). The lowest BCUT2D eigenvalue weighted by Gasteiger charge is -2.29. The second-order valence-corrected chi connectivity index (χ2v) is 5.90. The zero-order valence-electron chi connectivity index (χ0n) is 12.0. The molecule has 0 bridgehead atoms. The highest BCUT2D eigenvalue weighted by molar-refractivity contribution is 5.79. The first-order valence-electron chi connectivity index (χ1n) is 6.76. The second-order valence-electron chi connectivity index (χ2n) is 5.90. The lowest BCUT2D eigenvalue weighted by Crippen LogP contribution is -2.39. The summed E-state index contributed by atoms with van der Waals surface area (Å²) in [4.78, 5) is 12.2. The molecular formula is C16H25NO. The molecule has 0 saturated carbocycles. The van der Waals surface area contributed by atoms with Gasteiger partial charge in [0.2, 0.25) is 5.91 Å². The van der Waals surface area contributed by atoms with Gasteiger partial charge in [-0.15, -0.1) is 0 Å². The van der Waals surface area contributed by atoms with Crippen LogP contribution in [0.1, 0.15) is 39.7 Å². The van der Waals surface area contributed by atoms with Gasteiger partial charge in [0, 0.05) is 12.5 Å². The van der Waals surface area contributed by atoms with Crippen LogP contribution in [-0.4, -0.2) is 12.5 Å². The average Bonchev–Trinajstić information content (AvgIpc) is 2.33. The van der Waals surface area contributed by atoms with Crippen molar-refractivity contribution in [3.05, 3.63) is 35.9 Å². The lowest BCUT2D eigenvalue weighted by molar-refractivity contribution is -0.128. The van der Waals surface area contributed by atoms with E-state index in [1.165, 1.54) is 5.56 Å². The summed E-state index contributed by atoms with van der Waals surface area (Å²) in [5.74, 6) is 0.194. The minimum absolute atomic E-state index is 0.0199. The molecule has 0 aliphatic rings. The van der Waals surface area contributed by atoms with Gasteiger partial charge >= 0.3 is 0 Å². The van der Waals surface area contributed by atoms with E-state index in [9.17, 15) is 4.79 Å². The Morgan fingerprint density at radius 2 is 1.83 bits per heavy atom. The maximum absolute atomic E-state index is 12.2. The van der Waals surface area contributed by atoms with Gasteiger partial charge in [0.1, 0.15) is 0 Å². The summed E-state index contributed by atoms with van der Waals surface area (Å²) < 4.78 is 0. The maximum atomic E-state index is 12.2. The minimum atomic E-state index is -0.0202. The minimum Gasteiger partial charge on any atom is -0.356 e. The molecule has 0 fully saturated rings. The van der Waals surface area contributed by atoms with Gasteiger partial charge in [-0.1, -0.05) is 58.0 Å². The molecule has 1 aromatic rings. The quantitative estimate of drug-likeness (QED) is 0.848. The predicted octanol–water partition coefficient (Wildman–Crippen LogP) is 3.42. The summed E-state index contributed by atoms with van der Waals surface area (Å²) in [6, 6.07) is 10.2. The van der Waals surface area contributed by atoms with Crippen molar-refractivity contribution in [3.8, 4) is 0 Å². The van der Waals surface area contributed by atoms with Gasteiger partial charge in [0.05, 0.1) is 0 Å². The number of benzene rings is 1. The van der Waals surface area contributed by atoms with E-state index in [1.807, 2.05) is 18.2 Å². The fraction of sp³-hybridized carbons (Fsp3) is 0.562. The molecule has 0 aromatic heterocycles. The summed E-state index contributed by atoms with van der Waals surface area (Å²) in [7, 11) is 0. The highest BCUT2D eigenvalue weighted by atomic mass is 16.1. The number of rotatable bonds is 5. The third-order valence-corrected chi connectivity index (χ3v) is 3.19. The van der Waals surface area contributed by atoms with Crippen LogP contribution in [0.25, 0.3) is 0 Å². The molecule has 0 aliphatic heterocycles. The van der Waals surface area contributed by atoms with Crippen molar-refractivity contribution in [2.75, 3.05) is 6.54 Å². The smallest absolute Gasteiger partial charge is 0.223 e. The third-order valence-electron chi connectivity index (χ3n) is 3.19. The number of amides is 1. The van der Waals surface area contributed by atoms with Gasteiger partial charge in [0.15, 0.2) is 0 Å². The molecule has 1 amide bonds. The Labute approximate surface area is 111 Å². The Bertz CT molecular complexity index is 364. The van der Waals surface area contributed by atoms with Crippen LogP contribution in [0.3, 0.4) is 0 Å². The Morgan fingerprint density at radius 3 is 2.33 bits per heavy atom. The predicted molar refractivity (Wildman–Crippen MR) is 76.4 cm³/mol. The van der Waals surface area contributed by atoms with Crippen LogP contribution in [0.15, 0.2) is 30.3 Å². The van der Waals surface area contributed by atoms with Crippen LogP contribution >= 0.6 is 0 Å². The number of carbonyl (C=O) groups excluding carboxylic acids is 1. The highest BCUT2D eigenvalue weighted by Crippen LogP contribution is 2.29. The van der Waals surface area contributed by atoms with Crippen molar-refractivity contribution in [3.63, 3.8) is 0 Å². The van der Waals surface area contributed by atoms with Crippen molar-refractivity contribution in [2.24, 2.45) is 11.3 Å². The molecule has 1 rings (SSSR count). The van der Waals surface area contributed by atoms with E-state index in [-0.39, 0.29) is 17.2 Å². The van der Waals surface area contributed by atoms with Crippen LogP contribution in [0.2, 0.25) is 0 Å². The molecule has 18 heavy (non-hydrogen) atoms. The second kappa shape index (κ2) is 6.58. The summed E-state index contributed by atoms with van der Waals surface area (Å²) in [6.07, 6.45) is 1.79. The zero-order chi connectivity index (χ0) is 13.6. The Balaban J connectivity index is 2.77. The first kappa shape index (κ1) is 14.7. The summed E-state index contributed by atoms with van der Waals surface area (Å²) in [5, 5.41) is 3.02. The highest BCUT2D eigenvalue weighted by Gasteiger charge is 2.30. The number of nitrogens with one attached hydrogen (secondary N) is 1. The van der Waals surface area contributed by atoms with Crippen LogP contribution < -0.4 is 5.32 Å². The molecule has 0 spiro atoms. The Hall–Kier alpha value is -1.31. The van der Waals surface area contributed by atoms with Gasteiger partial charge in [-0.2, -0.15) is 0 Å². The van der Waals surface area contributed by atoms with Gasteiger partial charge < -0.3 is 5.32 Å². The van der Waals surface area contributed by atoms with Crippen molar-refractivity contribution in [2.45, 2.75) is 40.5 Å². The zero-order valence-corrected chi connectivity index (χ0v) is 12.0. The van der Waals surface area contributed by atoms with E-state index in [0.29, 0.717) is 0 Å². The summed E-state index contributed by atoms with van der Waals surface area (Å²) >= 11 is 0. The molecule has 0 radical (unpaired) electrons. The molecule has 100 valence electrons. The van der Waals surface area contributed by atoms with E-state index >= 15 is 0 Å².